The minimum Gasteiger partial charge on any atom is -0.477 e. The van der Waals surface area contributed by atoms with E-state index in [-0.39, 0.29) is 9.75 Å². The Hall–Kier alpha value is -1.66. The Kier molecular flexibility index (Phi) is 3.47. The summed E-state index contributed by atoms with van der Waals surface area (Å²) in [5, 5.41) is 17.9. The summed E-state index contributed by atoms with van der Waals surface area (Å²) in [6.45, 7) is 3.92. The van der Waals surface area contributed by atoms with Crippen molar-refractivity contribution in [2.24, 2.45) is 0 Å². The van der Waals surface area contributed by atoms with Crippen molar-refractivity contribution >= 4 is 34.6 Å². The fraction of sp³-hybridized carbons (Fsp3) is 0.231. The molecule has 0 saturated heterocycles. The molecule has 4 nitrogen and oxygen atoms in total. The Morgan fingerprint density at radius 3 is 1.53 bits per heavy atom. The van der Waals surface area contributed by atoms with Crippen molar-refractivity contribution in [1.29, 1.82) is 0 Å². The molecule has 2 N–H and O–H groups in total. The maximum atomic E-state index is 10.9. The maximum absolute atomic E-state index is 10.9. The van der Waals surface area contributed by atoms with E-state index in [1.165, 1.54) is 22.7 Å². The fourth-order valence-corrected chi connectivity index (χ4v) is 3.69. The van der Waals surface area contributed by atoms with Crippen LogP contribution in [0.5, 0.6) is 0 Å². The van der Waals surface area contributed by atoms with Crippen molar-refractivity contribution in [3.8, 4) is 0 Å². The van der Waals surface area contributed by atoms with Gasteiger partial charge in [-0.2, -0.15) is 0 Å². The van der Waals surface area contributed by atoms with E-state index >= 15 is 0 Å². The van der Waals surface area contributed by atoms with E-state index in [2.05, 4.69) is 0 Å². The smallest absolute Gasteiger partial charge is 0.345 e. The minimum absolute atomic E-state index is 0.290. The normalized spacial score (nSPS) is 11.5. The lowest BCUT2D eigenvalue weighted by molar-refractivity contribution is 0.0691. The first-order chi connectivity index (χ1) is 8.82. The van der Waals surface area contributed by atoms with Crippen LogP contribution in [-0.4, -0.2) is 22.2 Å². The van der Waals surface area contributed by atoms with Gasteiger partial charge < -0.3 is 10.2 Å². The Morgan fingerprint density at radius 1 is 0.895 bits per heavy atom. The highest BCUT2D eigenvalue weighted by molar-refractivity contribution is 7.15. The monoisotopic (exact) mass is 296 g/mol. The summed E-state index contributed by atoms with van der Waals surface area (Å²) in [4.78, 5) is 24.2. The van der Waals surface area contributed by atoms with Gasteiger partial charge in [0.05, 0.1) is 0 Å². The van der Waals surface area contributed by atoms with Crippen molar-refractivity contribution in [1.82, 2.24) is 0 Å². The SMILES string of the molecule is CC(C)(c1ccc(C(=O)O)s1)c1ccc(C(=O)O)s1. The van der Waals surface area contributed by atoms with Gasteiger partial charge in [-0.1, -0.05) is 13.8 Å². The third-order valence-corrected chi connectivity index (χ3v) is 5.66. The van der Waals surface area contributed by atoms with E-state index in [9.17, 15) is 9.59 Å². The van der Waals surface area contributed by atoms with Crippen LogP contribution in [0.4, 0.5) is 0 Å². The highest BCUT2D eigenvalue weighted by Gasteiger charge is 2.28. The summed E-state index contributed by atoms with van der Waals surface area (Å²) >= 11 is 2.44. The van der Waals surface area contributed by atoms with Crippen LogP contribution >= 0.6 is 22.7 Å². The van der Waals surface area contributed by atoms with Gasteiger partial charge in [-0.3, -0.25) is 0 Å². The first kappa shape index (κ1) is 13.8. The average molecular weight is 296 g/mol. The largest absolute Gasteiger partial charge is 0.477 e. The molecule has 2 rings (SSSR count). The summed E-state index contributed by atoms with van der Waals surface area (Å²) in [6.07, 6.45) is 0. The highest BCUT2D eigenvalue weighted by Crippen LogP contribution is 2.39. The number of carbonyl (C=O) groups is 2. The molecular formula is C13H12O4S2. The van der Waals surface area contributed by atoms with E-state index in [1.54, 1.807) is 24.3 Å². The molecule has 0 aliphatic rings. The maximum Gasteiger partial charge on any atom is 0.345 e. The van der Waals surface area contributed by atoms with Crippen molar-refractivity contribution < 1.29 is 19.8 Å². The van der Waals surface area contributed by atoms with E-state index < -0.39 is 17.4 Å². The fourth-order valence-electron chi connectivity index (χ4n) is 1.70. The summed E-state index contributed by atoms with van der Waals surface area (Å²) in [5.74, 6) is -1.88. The number of rotatable bonds is 4. The van der Waals surface area contributed by atoms with Gasteiger partial charge in [0.15, 0.2) is 0 Å². The van der Waals surface area contributed by atoms with Crippen LogP contribution < -0.4 is 0 Å². The molecule has 0 radical (unpaired) electrons. The number of carboxylic acids is 2. The minimum atomic E-state index is -0.940. The lowest BCUT2D eigenvalue weighted by Gasteiger charge is -2.21. The molecule has 0 unspecified atom stereocenters. The summed E-state index contributed by atoms with van der Waals surface area (Å²) in [5.41, 5.74) is -0.392. The molecule has 6 heteroatoms. The van der Waals surface area contributed by atoms with Crippen LogP contribution in [0.15, 0.2) is 24.3 Å². The second-order valence-corrected chi connectivity index (χ2v) is 6.73. The number of aromatic carboxylic acids is 2. The number of hydrogen-bond acceptors (Lipinski definition) is 4. The molecular weight excluding hydrogens is 284 g/mol. The van der Waals surface area contributed by atoms with Crippen LogP contribution in [-0.2, 0) is 5.41 Å². The molecule has 100 valence electrons. The summed E-state index contributed by atoms with van der Waals surface area (Å²) < 4.78 is 0. The predicted octanol–water partition coefficient (Wildman–Crippen LogP) is 3.53. The Bertz CT molecular complexity index is 582. The molecule has 0 fully saturated rings. The molecule has 0 spiro atoms. The van der Waals surface area contributed by atoms with Crippen LogP contribution in [0.1, 0.15) is 42.9 Å². The zero-order chi connectivity index (χ0) is 14.2. The van der Waals surface area contributed by atoms with E-state index in [0.29, 0.717) is 0 Å². The van der Waals surface area contributed by atoms with E-state index in [0.717, 1.165) is 9.75 Å². The van der Waals surface area contributed by atoms with E-state index in [1.807, 2.05) is 13.8 Å². The molecule has 0 atom stereocenters. The van der Waals surface area contributed by atoms with Gasteiger partial charge >= 0.3 is 11.9 Å². The van der Waals surface area contributed by atoms with Gasteiger partial charge in [-0.15, -0.1) is 22.7 Å². The van der Waals surface area contributed by atoms with Crippen molar-refractivity contribution in [2.75, 3.05) is 0 Å². The van der Waals surface area contributed by atoms with Crippen LogP contribution in [0.25, 0.3) is 0 Å². The molecule has 0 aromatic carbocycles. The third-order valence-electron chi connectivity index (χ3n) is 2.87. The van der Waals surface area contributed by atoms with Crippen molar-refractivity contribution in [3.05, 3.63) is 43.8 Å². The molecule has 19 heavy (non-hydrogen) atoms. The third kappa shape index (κ3) is 2.54. The summed E-state index contributed by atoms with van der Waals surface area (Å²) in [6, 6.07) is 6.73. The van der Waals surface area contributed by atoms with Crippen LogP contribution in [0.2, 0.25) is 0 Å². The molecule has 2 heterocycles. The first-order valence-corrected chi connectivity index (χ1v) is 7.13. The number of hydrogen-bond donors (Lipinski definition) is 2. The zero-order valence-electron chi connectivity index (χ0n) is 10.3. The molecule has 0 saturated carbocycles. The molecule has 2 aromatic heterocycles. The van der Waals surface area contributed by atoms with Crippen LogP contribution in [0, 0.1) is 0 Å². The molecule has 0 bridgehead atoms. The van der Waals surface area contributed by atoms with Gasteiger partial charge in [-0.25, -0.2) is 9.59 Å². The Morgan fingerprint density at radius 2 is 1.26 bits per heavy atom. The molecule has 0 aliphatic heterocycles. The van der Waals surface area contributed by atoms with Gasteiger partial charge in [0.25, 0.3) is 0 Å². The molecule has 2 aromatic rings. The standard InChI is InChI=1S/C13H12O4S2/c1-13(2,9-5-3-7(18-9)11(14)15)10-6-4-8(19-10)12(16)17/h3-6H,1-2H3,(H,14,15)(H,16,17). The quantitative estimate of drug-likeness (QED) is 0.905. The van der Waals surface area contributed by atoms with Crippen LogP contribution in [0.3, 0.4) is 0 Å². The van der Waals surface area contributed by atoms with Gasteiger partial charge in [0.1, 0.15) is 9.75 Å². The molecule has 0 aliphatic carbocycles. The number of carboxylic acid groups (broad SMARTS) is 2. The Labute approximate surface area is 118 Å². The van der Waals surface area contributed by atoms with Crippen molar-refractivity contribution in [3.63, 3.8) is 0 Å². The predicted molar refractivity (Wildman–Crippen MR) is 74.7 cm³/mol. The van der Waals surface area contributed by atoms with Gasteiger partial charge in [-0.05, 0) is 24.3 Å². The number of thiophene rings is 2. The highest BCUT2D eigenvalue weighted by atomic mass is 32.1. The summed E-state index contributed by atoms with van der Waals surface area (Å²) in [7, 11) is 0. The topological polar surface area (TPSA) is 74.6 Å². The van der Waals surface area contributed by atoms with Gasteiger partial charge in [0, 0.05) is 15.2 Å². The second kappa shape index (κ2) is 4.79. The Balaban J connectivity index is 2.39. The second-order valence-electron chi connectivity index (χ2n) is 4.56. The first-order valence-electron chi connectivity index (χ1n) is 5.49. The lowest BCUT2D eigenvalue weighted by atomic mass is 9.90. The zero-order valence-corrected chi connectivity index (χ0v) is 12.0. The van der Waals surface area contributed by atoms with E-state index in [4.69, 9.17) is 10.2 Å². The van der Waals surface area contributed by atoms with Crippen molar-refractivity contribution in [2.45, 2.75) is 19.3 Å². The molecule has 0 amide bonds. The van der Waals surface area contributed by atoms with Gasteiger partial charge in [0.2, 0.25) is 0 Å². The average Bonchev–Trinajstić information content (AvgIpc) is 2.99. The lowest BCUT2D eigenvalue weighted by Crippen LogP contribution is -2.15.